The first kappa shape index (κ1) is 21.8. The van der Waals surface area contributed by atoms with Crippen LogP contribution < -0.4 is 9.47 Å². The van der Waals surface area contributed by atoms with Crippen LogP contribution in [-0.4, -0.2) is 47.4 Å². The van der Waals surface area contributed by atoms with E-state index in [0.717, 1.165) is 11.1 Å². The van der Waals surface area contributed by atoms with Gasteiger partial charge in [-0.1, -0.05) is 49.3 Å². The number of carbonyl (C=O) groups excluding carboxylic acids is 1. The van der Waals surface area contributed by atoms with Crippen molar-refractivity contribution in [3.8, 4) is 22.9 Å². The molecule has 8 heteroatoms. The zero-order valence-electron chi connectivity index (χ0n) is 18.3. The van der Waals surface area contributed by atoms with Gasteiger partial charge in [-0.05, 0) is 29.7 Å². The Balaban J connectivity index is 1.32. The van der Waals surface area contributed by atoms with Crippen LogP contribution in [0.15, 0.2) is 53.1 Å². The molecule has 2 aromatic carbocycles. The molecule has 4 rings (SSSR count). The molecule has 0 spiro atoms. The molecular formula is C24H27N3O5. The standard InChI is InChI=1S/C24H27N3O5/c1-17(2)13-27(23(28)15-29-14-18-6-4-3-5-7-18)11-10-22-25-24(26-32-22)19-8-9-20-21(12-19)31-16-30-20/h3-9,12,17H,10-11,13-16H2,1-2H3. The predicted molar refractivity (Wildman–Crippen MR) is 117 cm³/mol. The van der Waals surface area contributed by atoms with E-state index >= 15 is 0 Å². The summed E-state index contributed by atoms with van der Waals surface area (Å²) < 4.78 is 21.8. The molecule has 1 aromatic heterocycles. The molecule has 0 N–H and O–H groups in total. The molecule has 0 bridgehead atoms. The van der Waals surface area contributed by atoms with Crippen LogP contribution in [0.5, 0.6) is 11.5 Å². The Bertz CT molecular complexity index is 1040. The highest BCUT2D eigenvalue weighted by Crippen LogP contribution is 2.35. The summed E-state index contributed by atoms with van der Waals surface area (Å²) in [5, 5.41) is 4.07. The molecule has 0 saturated heterocycles. The lowest BCUT2D eigenvalue weighted by atomic mass is 10.2. The Morgan fingerprint density at radius 2 is 1.94 bits per heavy atom. The summed E-state index contributed by atoms with van der Waals surface area (Å²) in [4.78, 5) is 19.0. The smallest absolute Gasteiger partial charge is 0.248 e. The van der Waals surface area contributed by atoms with Crippen LogP contribution in [-0.2, 0) is 22.6 Å². The third-order valence-corrected chi connectivity index (χ3v) is 4.97. The number of fused-ring (bicyclic) bond motifs is 1. The minimum Gasteiger partial charge on any atom is -0.454 e. The number of nitrogens with zero attached hydrogens (tertiary/aromatic N) is 3. The molecule has 0 atom stereocenters. The first-order chi connectivity index (χ1) is 15.6. The van der Waals surface area contributed by atoms with Gasteiger partial charge in [-0.15, -0.1) is 0 Å². The van der Waals surface area contributed by atoms with Crippen LogP contribution in [0.4, 0.5) is 0 Å². The number of hydrogen-bond donors (Lipinski definition) is 0. The van der Waals surface area contributed by atoms with E-state index in [1.54, 1.807) is 4.90 Å². The summed E-state index contributed by atoms with van der Waals surface area (Å²) >= 11 is 0. The van der Waals surface area contributed by atoms with E-state index in [1.165, 1.54) is 0 Å². The Morgan fingerprint density at radius 1 is 1.12 bits per heavy atom. The summed E-state index contributed by atoms with van der Waals surface area (Å²) in [7, 11) is 0. The van der Waals surface area contributed by atoms with Gasteiger partial charge in [0.1, 0.15) is 6.61 Å². The largest absolute Gasteiger partial charge is 0.454 e. The van der Waals surface area contributed by atoms with E-state index in [1.807, 2.05) is 48.5 Å². The predicted octanol–water partition coefficient (Wildman–Crippen LogP) is 3.71. The monoisotopic (exact) mass is 437 g/mol. The average Bonchev–Trinajstić information content (AvgIpc) is 3.46. The van der Waals surface area contributed by atoms with Gasteiger partial charge in [-0.25, -0.2) is 0 Å². The molecular weight excluding hydrogens is 410 g/mol. The van der Waals surface area contributed by atoms with Crippen molar-refractivity contribution in [1.29, 1.82) is 0 Å². The maximum atomic E-state index is 12.7. The fourth-order valence-corrected chi connectivity index (χ4v) is 3.42. The van der Waals surface area contributed by atoms with E-state index in [4.69, 9.17) is 18.7 Å². The van der Waals surface area contributed by atoms with Gasteiger partial charge in [0.15, 0.2) is 11.5 Å². The summed E-state index contributed by atoms with van der Waals surface area (Å²) in [6, 6.07) is 15.3. The number of amides is 1. The van der Waals surface area contributed by atoms with E-state index < -0.39 is 0 Å². The highest BCUT2D eigenvalue weighted by atomic mass is 16.7. The maximum Gasteiger partial charge on any atom is 0.248 e. The van der Waals surface area contributed by atoms with Crippen LogP contribution in [0.3, 0.4) is 0 Å². The quantitative estimate of drug-likeness (QED) is 0.478. The molecule has 3 aromatic rings. The van der Waals surface area contributed by atoms with Gasteiger partial charge in [0, 0.05) is 25.1 Å². The van der Waals surface area contributed by atoms with E-state index in [9.17, 15) is 4.79 Å². The number of ether oxygens (including phenoxy) is 3. The molecule has 1 aliphatic rings. The molecule has 2 heterocycles. The highest BCUT2D eigenvalue weighted by Gasteiger charge is 2.19. The molecule has 0 saturated carbocycles. The average molecular weight is 437 g/mol. The van der Waals surface area contributed by atoms with Crippen LogP contribution in [0.2, 0.25) is 0 Å². The van der Waals surface area contributed by atoms with Crippen molar-refractivity contribution in [3.63, 3.8) is 0 Å². The summed E-state index contributed by atoms with van der Waals surface area (Å²) in [6.45, 7) is 5.93. The second-order valence-electron chi connectivity index (χ2n) is 8.04. The van der Waals surface area contributed by atoms with Crippen molar-refractivity contribution >= 4 is 5.91 Å². The second-order valence-corrected chi connectivity index (χ2v) is 8.04. The normalized spacial score (nSPS) is 12.3. The van der Waals surface area contributed by atoms with Crippen molar-refractivity contribution in [1.82, 2.24) is 15.0 Å². The Morgan fingerprint density at radius 3 is 2.75 bits per heavy atom. The fourth-order valence-electron chi connectivity index (χ4n) is 3.42. The molecule has 8 nitrogen and oxygen atoms in total. The number of rotatable bonds is 10. The number of carbonyl (C=O) groups is 1. The van der Waals surface area contributed by atoms with Crippen molar-refractivity contribution in [2.24, 2.45) is 5.92 Å². The minimum atomic E-state index is -0.0508. The first-order valence-electron chi connectivity index (χ1n) is 10.7. The minimum absolute atomic E-state index is 0.0356. The highest BCUT2D eigenvalue weighted by molar-refractivity contribution is 5.77. The van der Waals surface area contributed by atoms with Gasteiger partial charge >= 0.3 is 0 Å². The molecule has 0 aliphatic carbocycles. The third kappa shape index (κ3) is 5.64. The zero-order valence-corrected chi connectivity index (χ0v) is 18.3. The van der Waals surface area contributed by atoms with Crippen LogP contribution in [0.1, 0.15) is 25.3 Å². The first-order valence-corrected chi connectivity index (χ1v) is 10.7. The van der Waals surface area contributed by atoms with Gasteiger partial charge in [0.2, 0.25) is 24.4 Å². The summed E-state index contributed by atoms with van der Waals surface area (Å²) in [6.07, 6.45) is 0.467. The van der Waals surface area contributed by atoms with Gasteiger partial charge < -0.3 is 23.6 Å². The maximum absolute atomic E-state index is 12.7. The van der Waals surface area contributed by atoms with Crippen LogP contribution >= 0.6 is 0 Å². The van der Waals surface area contributed by atoms with E-state index in [2.05, 4.69) is 24.0 Å². The van der Waals surface area contributed by atoms with Crippen molar-refractivity contribution in [2.75, 3.05) is 26.5 Å². The Labute approximate surface area is 187 Å². The Hall–Kier alpha value is -3.39. The number of benzene rings is 2. The van der Waals surface area contributed by atoms with Crippen LogP contribution in [0, 0.1) is 5.92 Å². The summed E-state index contributed by atoms with van der Waals surface area (Å²) in [5.74, 6) is 2.61. The Kier molecular flexibility index (Phi) is 7.01. The molecule has 1 aliphatic heterocycles. The summed E-state index contributed by atoms with van der Waals surface area (Å²) in [5.41, 5.74) is 1.83. The second kappa shape index (κ2) is 10.3. The zero-order chi connectivity index (χ0) is 22.3. The molecule has 0 radical (unpaired) electrons. The third-order valence-electron chi connectivity index (χ3n) is 4.97. The SMILES string of the molecule is CC(C)CN(CCc1nc(-c2ccc3c(c2)OCO3)no1)C(=O)COCc1ccccc1. The van der Waals surface area contributed by atoms with Crippen molar-refractivity contribution in [2.45, 2.75) is 26.9 Å². The molecule has 0 fully saturated rings. The van der Waals surface area contributed by atoms with E-state index in [-0.39, 0.29) is 19.3 Å². The molecule has 1 amide bonds. The van der Waals surface area contributed by atoms with Gasteiger partial charge in [0.05, 0.1) is 6.61 Å². The molecule has 168 valence electrons. The molecule has 0 unspecified atom stereocenters. The molecule has 32 heavy (non-hydrogen) atoms. The van der Waals surface area contributed by atoms with E-state index in [0.29, 0.717) is 55.2 Å². The van der Waals surface area contributed by atoms with Gasteiger partial charge in [-0.2, -0.15) is 4.98 Å². The number of aromatic nitrogens is 2. The topological polar surface area (TPSA) is 86.9 Å². The van der Waals surface area contributed by atoms with Crippen molar-refractivity contribution in [3.05, 3.63) is 60.0 Å². The van der Waals surface area contributed by atoms with Gasteiger partial charge in [-0.3, -0.25) is 4.79 Å². The van der Waals surface area contributed by atoms with Crippen molar-refractivity contribution < 1.29 is 23.5 Å². The number of hydrogen-bond acceptors (Lipinski definition) is 7. The van der Waals surface area contributed by atoms with Crippen LogP contribution in [0.25, 0.3) is 11.4 Å². The lowest BCUT2D eigenvalue weighted by Crippen LogP contribution is -2.38. The lowest BCUT2D eigenvalue weighted by molar-refractivity contribution is -0.137. The van der Waals surface area contributed by atoms with Gasteiger partial charge in [0.25, 0.3) is 0 Å². The fraction of sp³-hybridized carbons (Fsp3) is 0.375. The lowest BCUT2D eigenvalue weighted by Gasteiger charge is -2.24.